The fraction of sp³-hybridized carbons (Fsp3) is 0.500. The molecule has 2 amide bonds. The molecule has 1 aliphatic carbocycles. The van der Waals surface area contributed by atoms with Gasteiger partial charge in [0.15, 0.2) is 0 Å². The van der Waals surface area contributed by atoms with Gasteiger partial charge in [-0.2, -0.15) is 0 Å². The first kappa shape index (κ1) is 16.7. The molecule has 0 bridgehead atoms. The monoisotopic (exact) mass is 327 g/mol. The highest BCUT2D eigenvalue weighted by Crippen LogP contribution is 2.40. The number of likely N-dealkylation sites (tertiary alicyclic amines) is 1. The molecule has 0 aromatic heterocycles. The van der Waals surface area contributed by atoms with Crippen LogP contribution in [0.2, 0.25) is 0 Å². The van der Waals surface area contributed by atoms with Crippen molar-refractivity contribution in [1.29, 1.82) is 0 Å². The molecule has 1 aromatic rings. The number of fused-ring (bicyclic) bond motifs is 1. The lowest BCUT2D eigenvalue weighted by molar-refractivity contribution is -0.140. The SMILES string of the molecule is CC1=C(C)C[C@H]2C(=O)N(CCOc3cc(C)ccc3C)C(=O)[C@H]2C1. The van der Waals surface area contributed by atoms with Gasteiger partial charge in [0, 0.05) is 0 Å². The molecule has 0 saturated carbocycles. The van der Waals surface area contributed by atoms with Crippen LogP contribution in [0, 0.1) is 25.7 Å². The number of nitrogens with zero attached hydrogens (tertiary/aromatic N) is 1. The van der Waals surface area contributed by atoms with Crippen LogP contribution < -0.4 is 4.74 Å². The van der Waals surface area contributed by atoms with Crippen LogP contribution >= 0.6 is 0 Å². The Morgan fingerprint density at radius 2 is 1.58 bits per heavy atom. The Morgan fingerprint density at radius 3 is 2.17 bits per heavy atom. The predicted octanol–water partition coefficient (Wildman–Crippen LogP) is 3.41. The number of hydrogen-bond acceptors (Lipinski definition) is 3. The summed E-state index contributed by atoms with van der Waals surface area (Å²) >= 11 is 0. The topological polar surface area (TPSA) is 46.6 Å². The first-order valence-electron chi connectivity index (χ1n) is 8.59. The van der Waals surface area contributed by atoms with Crippen molar-refractivity contribution in [2.24, 2.45) is 11.8 Å². The van der Waals surface area contributed by atoms with Gasteiger partial charge in [-0.1, -0.05) is 23.3 Å². The Morgan fingerprint density at radius 1 is 1.00 bits per heavy atom. The quantitative estimate of drug-likeness (QED) is 0.629. The van der Waals surface area contributed by atoms with Gasteiger partial charge < -0.3 is 4.74 Å². The van der Waals surface area contributed by atoms with Gasteiger partial charge in [-0.15, -0.1) is 0 Å². The number of benzene rings is 1. The average Bonchev–Trinajstić information content (AvgIpc) is 2.76. The number of aryl methyl sites for hydroxylation is 2. The minimum Gasteiger partial charge on any atom is -0.491 e. The number of amides is 2. The number of allylic oxidation sites excluding steroid dienone is 2. The highest BCUT2D eigenvalue weighted by atomic mass is 16.5. The van der Waals surface area contributed by atoms with Gasteiger partial charge in [0.05, 0.1) is 18.4 Å². The Labute approximate surface area is 143 Å². The zero-order valence-corrected chi connectivity index (χ0v) is 14.9. The zero-order chi connectivity index (χ0) is 17.4. The molecule has 4 heteroatoms. The van der Waals surface area contributed by atoms with Gasteiger partial charge in [0.2, 0.25) is 11.8 Å². The fourth-order valence-electron chi connectivity index (χ4n) is 3.65. The molecular formula is C20H25NO3. The van der Waals surface area contributed by atoms with E-state index < -0.39 is 0 Å². The van der Waals surface area contributed by atoms with Crippen molar-refractivity contribution in [3.05, 3.63) is 40.5 Å². The summed E-state index contributed by atoms with van der Waals surface area (Å²) in [6.45, 7) is 8.81. The van der Waals surface area contributed by atoms with E-state index in [0.717, 1.165) is 29.7 Å². The first-order chi connectivity index (χ1) is 11.4. The Bertz CT molecular complexity index is 688. The van der Waals surface area contributed by atoms with E-state index in [4.69, 9.17) is 4.74 Å². The van der Waals surface area contributed by atoms with Crippen molar-refractivity contribution in [3.63, 3.8) is 0 Å². The molecule has 2 atom stereocenters. The van der Waals surface area contributed by atoms with Gasteiger partial charge in [-0.25, -0.2) is 0 Å². The van der Waals surface area contributed by atoms with Gasteiger partial charge in [-0.3, -0.25) is 14.5 Å². The van der Waals surface area contributed by atoms with Crippen LogP contribution in [0.4, 0.5) is 0 Å². The van der Waals surface area contributed by atoms with Gasteiger partial charge in [0.1, 0.15) is 12.4 Å². The number of carbonyl (C=O) groups excluding carboxylic acids is 2. The normalized spacial score (nSPS) is 23.8. The second-order valence-corrected chi connectivity index (χ2v) is 7.13. The standard InChI is InChI=1S/C20H25NO3/c1-12-5-6-13(2)18(9-12)24-8-7-21-19(22)16-10-14(3)15(4)11-17(16)20(21)23/h5-6,9,16-17H,7-8,10-11H2,1-4H3/t16-,17+. The van der Waals surface area contributed by atoms with E-state index in [0.29, 0.717) is 13.2 Å². The van der Waals surface area contributed by atoms with Crippen LogP contribution in [0.25, 0.3) is 0 Å². The Kier molecular flexibility index (Phi) is 4.48. The summed E-state index contributed by atoms with van der Waals surface area (Å²) in [5.74, 6) is 0.437. The van der Waals surface area contributed by atoms with E-state index >= 15 is 0 Å². The van der Waals surface area contributed by atoms with Crippen molar-refractivity contribution in [1.82, 2.24) is 4.90 Å². The van der Waals surface area contributed by atoms with Crippen LogP contribution in [-0.2, 0) is 9.59 Å². The second kappa shape index (κ2) is 6.42. The molecule has 2 aliphatic rings. The number of rotatable bonds is 4. The van der Waals surface area contributed by atoms with Crippen molar-refractivity contribution in [3.8, 4) is 5.75 Å². The zero-order valence-electron chi connectivity index (χ0n) is 14.9. The molecule has 0 N–H and O–H groups in total. The highest BCUT2D eigenvalue weighted by Gasteiger charge is 2.48. The van der Waals surface area contributed by atoms with Crippen LogP contribution in [0.1, 0.15) is 37.8 Å². The lowest BCUT2D eigenvalue weighted by Gasteiger charge is -2.23. The first-order valence-corrected chi connectivity index (χ1v) is 8.59. The third kappa shape index (κ3) is 2.97. The minimum absolute atomic E-state index is 0.0265. The van der Waals surface area contributed by atoms with E-state index in [1.54, 1.807) is 0 Å². The van der Waals surface area contributed by atoms with E-state index in [9.17, 15) is 9.59 Å². The maximum atomic E-state index is 12.6. The number of ether oxygens (including phenoxy) is 1. The summed E-state index contributed by atoms with van der Waals surface area (Å²) in [7, 11) is 0. The fourth-order valence-corrected chi connectivity index (χ4v) is 3.65. The summed E-state index contributed by atoms with van der Waals surface area (Å²) in [4.78, 5) is 26.6. The molecule has 0 spiro atoms. The molecule has 1 saturated heterocycles. The Hall–Kier alpha value is -2.10. The summed E-state index contributed by atoms with van der Waals surface area (Å²) in [6, 6.07) is 6.04. The van der Waals surface area contributed by atoms with Crippen molar-refractivity contribution in [2.75, 3.05) is 13.2 Å². The molecule has 1 heterocycles. The summed E-state index contributed by atoms with van der Waals surface area (Å²) in [6.07, 6.45) is 1.44. The molecule has 1 aromatic carbocycles. The van der Waals surface area contributed by atoms with Gasteiger partial charge in [-0.05, 0) is 57.7 Å². The van der Waals surface area contributed by atoms with Crippen molar-refractivity contribution >= 4 is 11.8 Å². The molecule has 0 radical (unpaired) electrons. The molecule has 1 aliphatic heterocycles. The van der Waals surface area contributed by atoms with Crippen LogP contribution in [0.15, 0.2) is 29.3 Å². The van der Waals surface area contributed by atoms with Crippen molar-refractivity contribution in [2.45, 2.75) is 40.5 Å². The molecule has 3 rings (SSSR count). The average molecular weight is 327 g/mol. The maximum absolute atomic E-state index is 12.6. The molecule has 0 unspecified atom stereocenters. The van der Waals surface area contributed by atoms with E-state index in [1.807, 2.05) is 32.0 Å². The van der Waals surface area contributed by atoms with Crippen LogP contribution in [0.5, 0.6) is 5.75 Å². The third-order valence-electron chi connectivity index (χ3n) is 5.35. The number of imide groups is 1. The third-order valence-corrected chi connectivity index (χ3v) is 5.35. The summed E-state index contributed by atoms with van der Waals surface area (Å²) in [5.41, 5.74) is 4.70. The molecule has 1 fully saturated rings. The van der Waals surface area contributed by atoms with Gasteiger partial charge in [0.25, 0.3) is 0 Å². The summed E-state index contributed by atoms with van der Waals surface area (Å²) in [5, 5.41) is 0. The number of carbonyl (C=O) groups is 2. The van der Waals surface area contributed by atoms with Crippen LogP contribution in [0.3, 0.4) is 0 Å². The highest BCUT2D eigenvalue weighted by molar-refractivity contribution is 6.05. The molecule has 128 valence electrons. The lowest BCUT2D eigenvalue weighted by Crippen LogP contribution is -2.34. The minimum atomic E-state index is -0.165. The predicted molar refractivity (Wildman–Crippen MR) is 92.7 cm³/mol. The van der Waals surface area contributed by atoms with E-state index in [2.05, 4.69) is 13.8 Å². The largest absolute Gasteiger partial charge is 0.491 e. The van der Waals surface area contributed by atoms with E-state index in [1.165, 1.54) is 16.0 Å². The molecular weight excluding hydrogens is 302 g/mol. The van der Waals surface area contributed by atoms with Crippen molar-refractivity contribution < 1.29 is 14.3 Å². The maximum Gasteiger partial charge on any atom is 0.233 e. The Balaban J connectivity index is 1.64. The van der Waals surface area contributed by atoms with Gasteiger partial charge >= 0.3 is 0 Å². The molecule has 4 nitrogen and oxygen atoms in total. The molecule has 24 heavy (non-hydrogen) atoms. The number of hydrogen-bond donors (Lipinski definition) is 0. The van der Waals surface area contributed by atoms with Crippen LogP contribution in [-0.4, -0.2) is 29.9 Å². The van der Waals surface area contributed by atoms with E-state index in [-0.39, 0.29) is 23.7 Å². The second-order valence-electron chi connectivity index (χ2n) is 7.13. The summed E-state index contributed by atoms with van der Waals surface area (Å²) < 4.78 is 5.82. The smallest absolute Gasteiger partial charge is 0.233 e. The lowest BCUT2D eigenvalue weighted by atomic mass is 9.78.